The molecule has 3 rings (SSSR count). The van der Waals surface area contributed by atoms with Crippen LogP contribution in [0.5, 0.6) is 11.6 Å². The number of aromatic nitrogens is 5. The molecule has 154 valence electrons. The molecule has 0 saturated carbocycles. The Balaban J connectivity index is 2.07. The summed E-state index contributed by atoms with van der Waals surface area (Å²) in [6, 6.07) is 6.36. The highest BCUT2D eigenvalue weighted by molar-refractivity contribution is 5.66. The van der Waals surface area contributed by atoms with Crippen molar-refractivity contribution in [1.29, 1.82) is 0 Å². The predicted molar refractivity (Wildman–Crippen MR) is 103 cm³/mol. The lowest BCUT2D eigenvalue weighted by molar-refractivity contribution is -0.0498. The van der Waals surface area contributed by atoms with Crippen LogP contribution in [0.25, 0.3) is 11.3 Å². The van der Waals surface area contributed by atoms with Crippen LogP contribution in [0, 0.1) is 6.92 Å². The van der Waals surface area contributed by atoms with Crippen LogP contribution in [0.4, 0.5) is 8.78 Å². The number of hydrogen-bond donors (Lipinski definition) is 0. The molecule has 0 unspecified atom stereocenters. The molecule has 0 N–H and O–H groups in total. The fraction of sp³-hybridized carbons (Fsp3) is 0.400. The van der Waals surface area contributed by atoms with Gasteiger partial charge in [-0.15, -0.1) is 0 Å². The van der Waals surface area contributed by atoms with Crippen molar-refractivity contribution in [3.8, 4) is 22.9 Å². The monoisotopic (exact) mass is 403 g/mol. The van der Waals surface area contributed by atoms with Gasteiger partial charge in [0.25, 0.3) is 0 Å². The number of nitrogens with zero attached hydrogens (tertiary/aromatic N) is 5. The van der Waals surface area contributed by atoms with Crippen molar-refractivity contribution in [2.45, 2.75) is 46.8 Å². The topological polar surface area (TPSA) is 75.0 Å². The van der Waals surface area contributed by atoms with E-state index in [9.17, 15) is 8.78 Å². The van der Waals surface area contributed by atoms with Crippen LogP contribution in [-0.2, 0) is 13.0 Å². The minimum Gasteiger partial charge on any atom is -0.476 e. The van der Waals surface area contributed by atoms with Gasteiger partial charge in [-0.3, -0.25) is 0 Å². The number of aryl methyl sites for hydroxylation is 2. The van der Waals surface area contributed by atoms with Gasteiger partial charge in [0, 0.05) is 5.56 Å². The van der Waals surface area contributed by atoms with Gasteiger partial charge in [0.1, 0.15) is 23.6 Å². The zero-order valence-electron chi connectivity index (χ0n) is 16.6. The summed E-state index contributed by atoms with van der Waals surface area (Å²) in [6.07, 6.45) is 3.26. The highest BCUT2D eigenvalue weighted by Crippen LogP contribution is 2.31. The molecule has 2 aromatic heterocycles. The maximum absolute atomic E-state index is 12.6. The summed E-state index contributed by atoms with van der Waals surface area (Å²) in [5.41, 5.74) is 2.60. The molecule has 0 aliphatic rings. The average Bonchev–Trinajstić information content (AvgIpc) is 3.08. The third-order valence-corrected chi connectivity index (χ3v) is 4.08. The fourth-order valence-electron chi connectivity index (χ4n) is 2.91. The van der Waals surface area contributed by atoms with Crippen molar-refractivity contribution in [2.75, 3.05) is 6.61 Å². The van der Waals surface area contributed by atoms with Gasteiger partial charge in [0.2, 0.25) is 5.88 Å². The van der Waals surface area contributed by atoms with Gasteiger partial charge >= 0.3 is 6.61 Å². The van der Waals surface area contributed by atoms with E-state index >= 15 is 0 Å². The van der Waals surface area contributed by atoms with E-state index in [1.54, 1.807) is 23.1 Å². The van der Waals surface area contributed by atoms with Crippen LogP contribution in [0.15, 0.2) is 30.6 Å². The van der Waals surface area contributed by atoms with E-state index in [1.165, 1.54) is 12.1 Å². The van der Waals surface area contributed by atoms with E-state index in [4.69, 9.17) is 9.72 Å². The second-order valence-electron chi connectivity index (χ2n) is 6.35. The van der Waals surface area contributed by atoms with Gasteiger partial charge in [0.15, 0.2) is 0 Å². The minimum atomic E-state index is -2.90. The highest BCUT2D eigenvalue weighted by atomic mass is 19.3. The van der Waals surface area contributed by atoms with Crippen LogP contribution in [0.1, 0.15) is 37.5 Å². The van der Waals surface area contributed by atoms with Crippen LogP contribution in [-0.4, -0.2) is 38.0 Å². The molecule has 0 saturated heterocycles. The van der Waals surface area contributed by atoms with Crippen LogP contribution < -0.4 is 9.47 Å². The molecule has 0 fully saturated rings. The van der Waals surface area contributed by atoms with E-state index in [0.717, 1.165) is 24.2 Å². The standard InChI is InChI=1S/C20H23F2N5O2/c1-4-7-16-17(11-27-12-23-13(3)26-27)24-18(19(25-16)28-5-2)14-8-6-9-15(10-14)29-20(21)22/h6,8-10,12,20H,4-5,7,11H2,1-3H3. The molecule has 0 aliphatic heterocycles. The summed E-state index contributed by atoms with van der Waals surface area (Å²) in [6.45, 7) is 3.63. The summed E-state index contributed by atoms with van der Waals surface area (Å²) >= 11 is 0. The molecular weight excluding hydrogens is 380 g/mol. The Morgan fingerprint density at radius 3 is 2.62 bits per heavy atom. The molecule has 0 amide bonds. The first-order valence-corrected chi connectivity index (χ1v) is 9.44. The summed E-state index contributed by atoms with van der Waals surface area (Å²) in [7, 11) is 0. The number of hydrogen-bond acceptors (Lipinski definition) is 6. The molecule has 0 bridgehead atoms. The molecule has 1 aromatic carbocycles. The third-order valence-electron chi connectivity index (χ3n) is 4.08. The largest absolute Gasteiger partial charge is 0.476 e. The Bertz CT molecular complexity index is 962. The first-order chi connectivity index (χ1) is 14.0. The summed E-state index contributed by atoms with van der Waals surface area (Å²) in [5.74, 6) is 1.08. The Labute approximate surface area is 167 Å². The lowest BCUT2D eigenvalue weighted by Gasteiger charge is -2.15. The van der Waals surface area contributed by atoms with Gasteiger partial charge < -0.3 is 9.47 Å². The molecule has 9 heteroatoms. The van der Waals surface area contributed by atoms with E-state index in [0.29, 0.717) is 36.1 Å². The van der Waals surface area contributed by atoms with Crippen molar-refractivity contribution < 1.29 is 18.3 Å². The van der Waals surface area contributed by atoms with Gasteiger partial charge in [-0.05, 0) is 32.4 Å². The summed E-state index contributed by atoms with van der Waals surface area (Å²) in [5, 5.41) is 4.32. The Morgan fingerprint density at radius 2 is 1.97 bits per heavy atom. The summed E-state index contributed by atoms with van der Waals surface area (Å²) < 4.78 is 37.1. The van der Waals surface area contributed by atoms with E-state index in [1.807, 2.05) is 13.8 Å². The van der Waals surface area contributed by atoms with Crippen LogP contribution in [0.2, 0.25) is 0 Å². The van der Waals surface area contributed by atoms with Crippen LogP contribution in [0.3, 0.4) is 0 Å². The molecule has 29 heavy (non-hydrogen) atoms. The molecule has 0 atom stereocenters. The van der Waals surface area contributed by atoms with Gasteiger partial charge in [0.05, 0.1) is 24.5 Å². The Morgan fingerprint density at radius 1 is 1.14 bits per heavy atom. The van der Waals surface area contributed by atoms with Crippen molar-refractivity contribution in [1.82, 2.24) is 24.7 Å². The van der Waals surface area contributed by atoms with Crippen LogP contribution >= 0.6 is 0 Å². The number of benzene rings is 1. The minimum absolute atomic E-state index is 0.0489. The van der Waals surface area contributed by atoms with Crippen molar-refractivity contribution in [3.05, 3.63) is 47.8 Å². The second-order valence-corrected chi connectivity index (χ2v) is 6.35. The van der Waals surface area contributed by atoms with E-state index < -0.39 is 6.61 Å². The smallest absolute Gasteiger partial charge is 0.387 e. The number of ether oxygens (including phenoxy) is 2. The summed E-state index contributed by atoms with van der Waals surface area (Å²) in [4.78, 5) is 13.6. The lowest BCUT2D eigenvalue weighted by atomic mass is 10.1. The van der Waals surface area contributed by atoms with E-state index in [-0.39, 0.29) is 5.75 Å². The molecular formula is C20H23F2N5O2. The van der Waals surface area contributed by atoms with Gasteiger partial charge in [-0.2, -0.15) is 13.9 Å². The molecule has 3 aromatic rings. The molecule has 2 heterocycles. The molecule has 0 aliphatic carbocycles. The van der Waals surface area contributed by atoms with Crippen molar-refractivity contribution in [2.24, 2.45) is 0 Å². The number of alkyl halides is 2. The third kappa shape index (κ3) is 5.24. The zero-order chi connectivity index (χ0) is 20.8. The van der Waals surface area contributed by atoms with E-state index in [2.05, 4.69) is 26.7 Å². The normalized spacial score (nSPS) is 11.1. The Hall–Kier alpha value is -3.10. The van der Waals surface area contributed by atoms with Crippen molar-refractivity contribution in [3.63, 3.8) is 0 Å². The second kappa shape index (κ2) is 9.40. The zero-order valence-corrected chi connectivity index (χ0v) is 16.6. The predicted octanol–water partition coefficient (Wildman–Crippen LogP) is 4.04. The van der Waals surface area contributed by atoms with Gasteiger partial charge in [-0.1, -0.05) is 25.5 Å². The number of halogens is 2. The maximum atomic E-state index is 12.6. The highest BCUT2D eigenvalue weighted by Gasteiger charge is 2.18. The lowest BCUT2D eigenvalue weighted by Crippen LogP contribution is -2.11. The Kier molecular flexibility index (Phi) is 6.69. The fourth-order valence-corrected chi connectivity index (χ4v) is 2.91. The average molecular weight is 403 g/mol. The molecule has 0 radical (unpaired) electrons. The molecule has 0 spiro atoms. The number of rotatable bonds is 9. The quantitative estimate of drug-likeness (QED) is 0.537. The maximum Gasteiger partial charge on any atom is 0.387 e. The van der Waals surface area contributed by atoms with Crippen molar-refractivity contribution >= 4 is 0 Å². The first-order valence-electron chi connectivity index (χ1n) is 9.44. The molecule has 7 nitrogen and oxygen atoms in total. The van der Waals surface area contributed by atoms with Gasteiger partial charge in [-0.25, -0.2) is 19.6 Å². The first kappa shape index (κ1) is 20.6. The SMILES string of the molecule is CCCc1nc(OCC)c(-c2cccc(OC(F)F)c2)nc1Cn1cnc(C)n1.